The predicted octanol–water partition coefficient (Wildman–Crippen LogP) is 2.46. The van der Waals surface area contributed by atoms with Gasteiger partial charge in [-0.2, -0.15) is 0 Å². The Bertz CT molecular complexity index is 185. The maximum atomic E-state index is 5.87. The average molecular weight is 166 g/mol. The Kier molecular flexibility index (Phi) is 1.52. The van der Waals surface area contributed by atoms with Crippen LogP contribution in [0.1, 0.15) is 32.6 Å². The molecule has 4 unspecified atom stereocenters. The van der Waals surface area contributed by atoms with Crippen LogP contribution in [0.3, 0.4) is 0 Å². The molecule has 4 aliphatic rings. The molecule has 4 saturated carbocycles. The molecule has 4 bridgehead atoms. The van der Waals surface area contributed by atoms with Gasteiger partial charge in [0.05, 0.1) is 6.10 Å². The summed E-state index contributed by atoms with van der Waals surface area (Å²) < 4.78 is 5.87. The molecule has 1 nitrogen and oxygen atoms in total. The average Bonchev–Trinajstić information content (AvgIpc) is 2.46. The van der Waals surface area contributed by atoms with Crippen molar-refractivity contribution in [3.63, 3.8) is 0 Å². The van der Waals surface area contributed by atoms with Crippen LogP contribution in [0.5, 0.6) is 0 Å². The molecule has 4 aliphatic carbocycles. The second-order valence-electron chi connectivity index (χ2n) is 4.91. The second kappa shape index (κ2) is 2.47. The fourth-order valence-corrected chi connectivity index (χ4v) is 4.13. The van der Waals surface area contributed by atoms with E-state index in [4.69, 9.17) is 4.74 Å². The molecule has 12 heavy (non-hydrogen) atoms. The van der Waals surface area contributed by atoms with Gasteiger partial charge in [-0.15, -0.1) is 0 Å². The Morgan fingerprint density at radius 2 is 1.92 bits per heavy atom. The van der Waals surface area contributed by atoms with E-state index in [9.17, 15) is 0 Å². The van der Waals surface area contributed by atoms with Crippen LogP contribution in [0, 0.1) is 23.7 Å². The summed E-state index contributed by atoms with van der Waals surface area (Å²) in [4.78, 5) is 0. The Balaban J connectivity index is 1.81. The zero-order valence-corrected chi connectivity index (χ0v) is 7.83. The van der Waals surface area contributed by atoms with Crippen LogP contribution in [0.15, 0.2) is 0 Å². The molecule has 0 saturated heterocycles. The topological polar surface area (TPSA) is 9.23 Å². The Hall–Kier alpha value is -0.0400. The van der Waals surface area contributed by atoms with Crippen LogP contribution in [-0.4, -0.2) is 12.7 Å². The molecule has 0 spiro atoms. The summed E-state index contributed by atoms with van der Waals surface area (Å²) in [6, 6.07) is 0. The van der Waals surface area contributed by atoms with Crippen molar-refractivity contribution in [2.24, 2.45) is 23.7 Å². The minimum Gasteiger partial charge on any atom is -0.378 e. The second-order valence-corrected chi connectivity index (χ2v) is 4.91. The quantitative estimate of drug-likeness (QED) is 0.612. The van der Waals surface area contributed by atoms with Gasteiger partial charge in [0, 0.05) is 6.61 Å². The van der Waals surface area contributed by atoms with Gasteiger partial charge in [-0.05, 0) is 56.3 Å². The highest BCUT2D eigenvalue weighted by Crippen LogP contribution is 2.58. The van der Waals surface area contributed by atoms with Gasteiger partial charge in [-0.25, -0.2) is 0 Å². The molecule has 0 radical (unpaired) electrons. The maximum absolute atomic E-state index is 5.87. The molecule has 0 aromatic rings. The summed E-state index contributed by atoms with van der Waals surface area (Å²) >= 11 is 0. The molecular formula is C11H18O. The molecule has 1 heteroatoms. The third kappa shape index (κ3) is 0.834. The van der Waals surface area contributed by atoms with E-state index in [1.807, 2.05) is 0 Å². The molecule has 4 rings (SSSR count). The molecule has 0 aromatic carbocycles. The predicted molar refractivity (Wildman–Crippen MR) is 47.8 cm³/mol. The van der Waals surface area contributed by atoms with Crippen LogP contribution in [0.4, 0.5) is 0 Å². The molecule has 4 fully saturated rings. The zero-order chi connectivity index (χ0) is 8.13. The number of rotatable bonds is 2. The highest BCUT2D eigenvalue weighted by molar-refractivity contribution is 5.03. The highest BCUT2D eigenvalue weighted by Gasteiger charge is 2.54. The van der Waals surface area contributed by atoms with Crippen molar-refractivity contribution in [2.45, 2.75) is 38.7 Å². The van der Waals surface area contributed by atoms with E-state index < -0.39 is 0 Å². The molecule has 0 heterocycles. The highest BCUT2D eigenvalue weighted by atomic mass is 16.5. The zero-order valence-electron chi connectivity index (χ0n) is 7.83. The van der Waals surface area contributed by atoms with Crippen LogP contribution in [0.25, 0.3) is 0 Å². The molecule has 68 valence electrons. The van der Waals surface area contributed by atoms with E-state index in [-0.39, 0.29) is 0 Å². The first-order valence-corrected chi connectivity index (χ1v) is 5.50. The summed E-state index contributed by atoms with van der Waals surface area (Å²) in [7, 11) is 0. The largest absolute Gasteiger partial charge is 0.378 e. The van der Waals surface area contributed by atoms with Gasteiger partial charge in [-0.3, -0.25) is 0 Å². The lowest BCUT2D eigenvalue weighted by atomic mass is 9.80. The standard InChI is InChI=1S/C11H18O/c1-2-12-11-9-4-7-3-8(6-9)10(11)5-7/h7-11H,2-6H2,1H3/t7?,8?,9-,10?,11?/m0/s1. The first-order valence-electron chi connectivity index (χ1n) is 5.50. The normalized spacial score (nSPS) is 55.2. The first-order chi connectivity index (χ1) is 5.88. The summed E-state index contributed by atoms with van der Waals surface area (Å²) in [6.45, 7) is 3.06. The lowest BCUT2D eigenvalue weighted by molar-refractivity contribution is -0.0162. The minimum absolute atomic E-state index is 0.666. The van der Waals surface area contributed by atoms with Crippen LogP contribution < -0.4 is 0 Å². The van der Waals surface area contributed by atoms with Crippen molar-refractivity contribution >= 4 is 0 Å². The van der Waals surface area contributed by atoms with Crippen molar-refractivity contribution in [3.8, 4) is 0 Å². The van der Waals surface area contributed by atoms with Crippen LogP contribution >= 0.6 is 0 Å². The van der Waals surface area contributed by atoms with Crippen LogP contribution in [0.2, 0.25) is 0 Å². The molecule has 0 N–H and O–H groups in total. The Labute approximate surface area is 74.5 Å². The van der Waals surface area contributed by atoms with E-state index in [1.165, 1.54) is 25.7 Å². The van der Waals surface area contributed by atoms with Crippen molar-refractivity contribution in [1.29, 1.82) is 0 Å². The van der Waals surface area contributed by atoms with Crippen molar-refractivity contribution in [1.82, 2.24) is 0 Å². The molecule has 0 amide bonds. The van der Waals surface area contributed by atoms with Crippen LogP contribution in [-0.2, 0) is 4.74 Å². The van der Waals surface area contributed by atoms with Gasteiger partial charge in [0.2, 0.25) is 0 Å². The van der Waals surface area contributed by atoms with Crippen molar-refractivity contribution < 1.29 is 4.74 Å². The number of hydrogen-bond donors (Lipinski definition) is 0. The van der Waals surface area contributed by atoms with E-state index in [1.54, 1.807) is 0 Å². The van der Waals surface area contributed by atoms with Gasteiger partial charge in [0.15, 0.2) is 0 Å². The third-order valence-corrected chi connectivity index (χ3v) is 4.33. The van der Waals surface area contributed by atoms with Gasteiger partial charge in [-0.1, -0.05) is 0 Å². The smallest absolute Gasteiger partial charge is 0.0634 e. The number of hydrogen-bond acceptors (Lipinski definition) is 1. The third-order valence-electron chi connectivity index (χ3n) is 4.33. The van der Waals surface area contributed by atoms with E-state index >= 15 is 0 Å². The van der Waals surface area contributed by atoms with Crippen molar-refractivity contribution in [2.75, 3.05) is 6.61 Å². The summed E-state index contributed by atoms with van der Waals surface area (Å²) in [5.74, 6) is 4.07. The SMILES string of the molecule is CCOC1C2CC3CC2C[C@@H]1C3. The maximum Gasteiger partial charge on any atom is 0.0634 e. The molecular weight excluding hydrogens is 148 g/mol. The summed E-state index contributed by atoms with van der Waals surface area (Å²) in [6.07, 6.45) is 6.67. The van der Waals surface area contributed by atoms with Crippen molar-refractivity contribution in [3.05, 3.63) is 0 Å². The van der Waals surface area contributed by atoms with Gasteiger partial charge < -0.3 is 4.74 Å². The summed E-state index contributed by atoms with van der Waals surface area (Å²) in [5, 5.41) is 0. The molecule has 5 atom stereocenters. The number of ether oxygens (including phenoxy) is 1. The monoisotopic (exact) mass is 166 g/mol. The Morgan fingerprint density at radius 3 is 2.67 bits per heavy atom. The van der Waals surface area contributed by atoms with E-state index in [2.05, 4.69) is 6.92 Å². The van der Waals surface area contributed by atoms with Gasteiger partial charge in [0.1, 0.15) is 0 Å². The van der Waals surface area contributed by atoms with E-state index in [0.717, 1.165) is 30.3 Å². The molecule has 0 aromatic heterocycles. The van der Waals surface area contributed by atoms with Gasteiger partial charge in [0.25, 0.3) is 0 Å². The first kappa shape index (κ1) is 7.37. The molecule has 0 aliphatic heterocycles. The van der Waals surface area contributed by atoms with Gasteiger partial charge >= 0.3 is 0 Å². The minimum atomic E-state index is 0.666. The van der Waals surface area contributed by atoms with E-state index in [0.29, 0.717) is 6.10 Å². The lowest BCUT2D eigenvalue weighted by Gasteiger charge is -2.31. The summed E-state index contributed by atoms with van der Waals surface area (Å²) in [5.41, 5.74) is 0. The fraction of sp³-hybridized carbons (Fsp3) is 1.00. The lowest BCUT2D eigenvalue weighted by Crippen LogP contribution is -2.30. The Morgan fingerprint density at radius 1 is 1.08 bits per heavy atom. The fourth-order valence-electron chi connectivity index (χ4n) is 4.13.